The average molecular weight is 561 g/mol. The number of ether oxygens (including phenoxy) is 1. The second kappa shape index (κ2) is 9.57. The van der Waals surface area contributed by atoms with E-state index in [4.69, 9.17) is 33.3 Å². The molecule has 0 aliphatic carbocycles. The first-order chi connectivity index (χ1) is 20.1. The van der Waals surface area contributed by atoms with Crippen LogP contribution in [0.1, 0.15) is 40.3 Å². The van der Waals surface area contributed by atoms with Gasteiger partial charge in [0.2, 0.25) is 11.9 Å². The van der Waals surface area contributed by atoms with Crippen LogP contribution in [-0.2, 0) is 4.79 Å². The van der Waals surface area contributed by atoms with Gasteiger partial charge in [0, 0.05) is 48.6 Å². The average Bonchev–Trinajstić information content (AvgIpc) is 3.45. The molecular weight excluding hydrogens is 541 g/mol. The van der Waals surface area contributed by atoms with Gasteiger partial charge in [0.25, 0.3) is 5.91 Å². The maximum absolute atomic E-state index is 13.7. The Hall–Kier alpha value is -4.42. The topological polar surface area (TPSA) is 105 Å². The zero-order chi connectivity index (χ0) is 29.3. The third-order valence-electron chi connectivity index (χ3n) is 7.86. The van der Waals surface area contributed by atoms with Gasteiger partial charge in [-0.1, -0.05) is 17.4 Å². The number of hydrogen-bond donors (Lipinski definition) is 1. The first kappa shape index (κ1) is 26.5. The van der Waals surface area contributed by atoms with E-state index in [1.54, 1.807) is 17.3 Å². The van der Waals surface area contributed by atoms with Gasteiger partial charge in [-0.05, 0) is 29.8 Å². The number of rotatable bonds is 5. The predicted octanol–water partition coefficient (Wildman–Crippen LogP) is 1.64. The van der Waals surface area contributed by atoms with Crippen LogP contribution in [0.3, 0.4) is 0 Å². The number of aromatic nitrogens is 4. The standard InChI is InChI=1S/C27H20B3F2N7O3/c28-27(29,30)39-19-9-18(22-15(24(39)41)2-1-3-20(22)42-25(31)32)38-17-8-13(4-5-16(17)36-23(19)38)14-10-34-26(35-11-14)37-7-6-33-21(40)12-37/h1-5,8,10-11,18-19,25H,6-7,9,12H2,(H,33,40)/t18-,19-/m1/s1. The minimum Gasteiger partial charge on any atom is -0.434 e. The Morgan fingerprint density at radius 3 is 2.55 bits per heavy atom. The highest BCUT2D eigenvalue weighted by molar-refractivity contribution is 6.60. The number of halogens is 2. The van der Waals surface area contributed by atoms with Crippen molar-refractivity contribution >= 4 is 52.3 Å². The lowest BCUT2D eigenvalue weighted by molar-refractivity contribution is -0.120. The lowest BCUT2D eigenvalue weighted by Crippen LogP contribution is -2.54. The highest BCUT2D eigenvalue weighted by Crippen LogP contribution is 2.51. The van der Waals surface area contributed by atoms with Crippen molar-refractivity contribution in [3.8, 4) is 16.9 Å². The molecule has 6 radical (unpaired) electrons. The number of benzene rings is 2. The summed E-state index contributed by atoms with van der Waals surface area (Å²) in [4.78, 5) is 42.2. The molecule has 1 saturated heterocycles. The number of carbonyl (C=O) groups is 2. The summed E-state index contributed by atoms with van der Waals surface area (Å²) in [7, 11) is 18.3. The van der Waals surface area contributed by atoms with Crippen LogP contribution in [-0.4, -0.2) is 91.3 Å². The van der Waals surface area contributed by atoms with Crippen LogP contribution in [0.2, 0.25) is 0 Å². The van der Waals surface area contributed by atoms with Crippen LogP contribution >= 0.6 is 0 Å². The molecule has 1 fully saturated rings. The molecule has 204 valence electrons. The minimum absolute atomic E-state index is 0.0879. The summed E-state index contributed by atoms with van der Waals surface area (Å²) in [5, 5.41) is 0.718. The Bertz CT molecular complexity index is 1750. The van der Waals surface area contributed by atoms with Crippen molar-refractivity contribution in [2.24, 2.45) is 0 Å². The molecule has 2 aromatic carbocycles. The molecule has 0 spiro atoms. The summed E-state index contributed by atoms with van der Waals surface area (Å²) >= 11 is 0. The van der Waals surface area contributed by atoms with E-state index >= 15 is 0 Å². The van der Waals surface area contributed by atoms with Crippen LogP contribution in [0.4, 0.5) is 14.7 Å². The third kappa shape index (κ3) is 4.21. The molecule has 7 rings (SSSR count). The Labute approximate surface area is 242 Å². The Balaban J connectivity index is 1.35. The lowest BCUT2D eigenvalue weighted by Gasteiger charge is -2.41. The molecule has 2 amide bonds. The largest absolute Gasteiger partial charge is 0.434 e. The summed E-state index contributed by atoms with van der Waals surface area (Å²) < 4.78 is 33.7. The molecule has 2 bridgehead atoms. The maximum Gasteiger partial charge on any atom is 0.387 e. The lowest BCUT2D eigenvalue weighted by atomic mass is 9.48. The number of anilines is 1. The summed E-state index contributed by atoms with van der Waals surface area (Å²) in [6.07, 6.45) is 3.60. The number of nitrogens with one attached hydrogen (secondary N) is 1. The van der Waals surface area contributed by atoms with Gasteiger partial charge in [-0.15, -0.1) is 0 Å². The predicted molar refractivity (Wildman–Crippen MR) is 151 cm³/mol. The summed E-state index contributed by atoms with van der Waals surface area (Å²) in [5.74, 6) is 0.104. The molecule has 4 aromatic rings. The minimum atomic E-state index is -3.10. The fourth-order valence-electron chi connectivity index (χ4n) is 6.18. The van der Waals surface area contributed by atoms with E-state index in [0.29, 0.717) is 35.9 Å². The van der Waals surface area contributed by atoms with Crippen LogP contribution in [0.25, 0.3) is 22.2 Å². The monoisotopic (exact) mass is 561 g/mol. The molecule has 3 aliphatic heterocycles. The third-order valence-corrected chi connectivity index (χ3v) is 7.86. The molecule has 3 aliphatic rings. The van der Waals surface area contributed by atoms with E-state index in [1.807, 2.05) is 22.8 Å². The SMILES string of the molecule is [B]C([B])([B])N1C(=O)c2cccc(OC(F)F)c2[C@H]2C[C@@H]1c1nc3ccc(-c4cnc(N5CCNC(=O)C5)nc4)cc3n12. The van der Waals surface area contributed by atoms with Gasteiger partial charge in [0.1, 0.15) is 11.6 Å². The van der Waals surface area contributed by atoms with E-state index in [2.05, 4.69) is 15.3 Å². The van der Waals surface area contributed by atoms with Crippen molar-refractivity contribution in [1.82, 2.24) is 29.7 Å². The number of hydrogen-bond acceptors (Lipinski definition) is 7. The first-order valence-electron chi connectivity index (χ1n) is 13.2. The molecular formula is C27H20B3F2N7O3. The molecule has 1 N–H and O–H groups in total. The van der Waals surface area contributed by atoms with Crippen molar-refractivity contribution in [3.05, 3.63) is 65.7 Å². The van der Waals surface area contributed by atoms with Gasteiger partial charge in [-0.3, -0.25) is 9.59 Å². The van der Waals surface area contributed by atoms with Gasteiger partial charge in [0.15, 0.2) is 0 Å². The summed E-state index contributed by atoms with van der Waals surface area (Å²) in [6, 6.07) is 8.63. The van der Waals surface area contributed by atoms with Gasteiger partial charge in [-0.25, -0.2) is 15.0 Å². The molecule has 42 heavy (non-hydrogen) atoms. The molecule has 0 saturated carbocycles. The van der Waals surface area contributed by atoms with Crippen molar-refractivity contribution in [3.63, 3.8) is 0 Å². The van der Waals surface area contributed by atoms with Crippen LogP contribution < -0.4 is 15.0 Å². The van der Waals surface area contributed by atoms with Gasteiger partial charge in [0.05, 0.1) is 53.2 Å². The van der Waals surface area contributed by atoms with Crippen molar-refractivity contribution in [2.45, 2.75) is 30.4 Å². The Kier molecular flexibility index (Phi) is 6.03. The first-order valence-corrected chi connectivity index (χ1v) is 13.2. The zero-order valence-corrected chi connectivity index (χ0v) is 22.1. The van der Waals surface area contributed by atoms with Crippen LogP contribution in [0.5, 0.6) is 5.75 Å². The van der Waals surface area contributed by atoms with E-state index in [9.17, 15) is 18.4 Å². The number of amides is 2. The number of fused-ring (bicyclic) bond motifs is 9. The van der Waals surface area contributed by atoms with Gasteiger partial charge < -0.3 is 24.4 Å². The summed E-state index contributed by atoms with van der Waals surface area (Å²) in [5.41, 5.74) is 3.20. The normalized spacial score (nSPS) is 20.0. The number of piperazine rings is 1. The zero-order valence-electron chi connectivity index (χ0n) is 22.1. The van der Waals surface area contributed by atoms with Crippen LogP contribution in [0, 0.1) is 0 Å². The molecule has 5 heterocycles. The van der Waals surface area contributed by atoms with Crippen LogP contribution in [0.15, 0.2) is 48.8 Å². The smallest absolute Gasteiger partial charge is 0.387 e. The molecule has 2 aromatic heterocycles. The Morgan fingerprint density at radius 1 is 1.05 bits per heavy atom. The summed E-state index contributed by atoms with van der Waals surface area (Å²) in [6.45, 7) is -1.79. The fraction of sp³-hybridized carbons (Fsp3) is 0.296. The second-order valence-electron chi connectivity index (χ2n) is 10.5. The van der Waals surface area contributed by atoms with E-state index in [0.717, 1.165) is 16.0 Å². The quantitative estimate of drug-likeness (QED) is 0.370. The molecule has 10 nitrogen and oxygen atoms in total. The highest BCUT2D eigenvalue weighted by atomic mass is 19.3. The molecule has 15 heteroatoms. The maximum atomic E-state index is 13.7. The van der Waals surface area contributed by atoms with E-state index < -0.39 is 29.8 Å². The Morgan fingerprint density at radius 2 is 1.83 bits per heavy atom. The highest BCUT2D eigenvalue weighted by Gasteiger charge is 2.48. The van der Waals surface area contributed by atoms with Gasteiger partial charge in [-0.2, -0.15) is 8.78 Å². The van der Waals surface area contributed by atoms with Gasteiger partial charge >= 0.3 is 6.61 Å². The number of imidazole rings is 1. The molecule has 2 atom stereocenters. The van der Waals surface area contributed by atoms with Crippen molar-refractivity contribution < 1.29 is 23.1 Å². The molecule has 0 unspecified atom stereocenters. The number of carbonyl (C=O) groups excluding carboxylic acids is 2. The van der Waals surface area contributed by atoms with Crippen molar-refractivity contribution in [2.75, 3.05) is 24.5 Å². The van der Waals surface area contributed by atoms with E-state index in [-0.39, 0.29) is 35.7 Å². The van der Waals surface area contributed by atoms with Crippen molar-refractivity contribution in [1.29, 1.82) is 0 Å². The van der Waals surface area contributed by atoms with E-state index in [1.165, 1.54) is 18.2 Å². The fourth-order valence-corrected chi connectivity index (χ4v) is 6.18. The second-order valence-corrected chi connectivity index (χ2v) is 10.5. The number of alkyl halides is 2. The number of nitrogens with zero attached hydrogens (tertiary/aromatic N) is 6.